The van der Waals surface area contributed by atoms with Crippen molar-refractivity contribution in [2.24, 2.45) is 5.92 Å². The van der Waals surface area contributed by atoms with E-state index in [0.29, 0.717) is 38.2 Å². The van der Waals surface area contributed by atoms with Crippen LogP contribution in [-0.2, 0) is 21.2 Å². The fourth-order valence-electron chi connectivity index (χ4n) is 4.59. The molecular weight excluding hydrogens is 460 g/mol. The largest absolute Gasteiger partial charge is 0.346 e. The highest BCUT2D eigenvalue weighted by molar-refractivity contribution is 7.89. The van der Waals surface area contributed by atoms with E-state index in [-0.39, 0.29) is 22.8 Å². The van der Waals surface area contributed by atoms with Gasteiger partial charge in [-0.25, -0.2) is 13.4 Å². The van der Waals surface area contributed by atoms with Gasteiger partial charge < -0.3 is 10.3 Å². The number of hydrogen-bond acceptors (Lipinski definition) is 4. The minimum atomic E-state index is -3.55. The number of aromatic amines is 1. The molecule has 7 nitrogen and oxygen atoms in total. The molecule has 0 aliphatic carbocycles. The van der Waals surface area contributed by atoms with Gasteiger partial charge in [0.1, 0.15) is 5.82 Å². The van der Waals surface area contributed by atoms with Crippen molar-refractivity contribution < 1.29 is 13.2 Å². The van der Waals surface area contributed by atoms with Gasteiger partial charge in [-0.1, -0.05) is 60.7 Å². The van der Waals surface area contributed by atoms with Crippen LogP contribution in [0.1, 0.15) is 30.3 Å². The zero-order valence-corrected chi connectivity index (χ0v) is 20.1. The number of aromatic nitrogens is 2. The Kier molecular flexibility index (Phi) is 6.66. The third kappa shape index (κ3) is 5.13. The second-order valence-corrected chi connectivity index (χ2v) is 10.8. The Hall–Kier alpha value is -3.49. The second-order valence-electron chi connectivity index (χ2n) is 8.88. The SMILES string of the molecule is O=C(NC(Cc1ccccc1)c1nc2ccccc2[nH]1)C1CCN(S(=O)(=O)c2ccccc2)CC1. The Balaban J connectivity index is 1.29. The number of imidazole rings is 1. The van der Waals surface area contributed by atoms with Gasteiger partial charge in [0.15, 0.2) is 0 Å². The van der Waals surface area contributed by atoms with E-state index in [2.05, 4.69) is 10.3 Å². The van der Waals surface area contributed by atoms with Crippen LogP contribution < -0.4 is 5.32 Å². The van der Waals surface area contributed by atoms with Crippen LogP contribution in [0.25, 0.3) is 11.0 Å². The van der Waals surface area contributed by atoms with E-state index in [1.807, 2.05) is 54.6 Å². The zero-order chi connectivity index (χ0) is 24.3. The Bertz CT molecular complexity index is 1360. The standard InChI is InChI=1S/C27H28N4O3S/c32-27(21-15-17-31(18-16-21)35(33,34)22-11-5-2-6-12-22)30-25(19-20-9-3-1-4-10-20)26-28-23-13-7-8-14-24(23)29-26/h1-14,21,25H,15-19H2,(H,28,29)(H,30,32). The normalized spacial score (nSPS) is 16.2. The highest BCUT2D eigenvalue weighted by Gasteiger charge is 2.33. The summed E-state index contributed by atoms with van der Waals surface area (Å²) >= 11 is 0. The topological polar surface area (TPSA) is 95.2 Å². The summed E-state index contributed by atoms with van der Waals surface area (Å²) in [6.07, 6.45) is 1.57. The number of carbonyl (C=O) groups is 1. The molecule has 35 heavy (non-hydrogen) atoms. The molecule has 8 heteroatoms. The van der Waals surface area contributed by atoms with Crippen LogP contribution in [-0.4, -0.2) is 41.7 Å². The molecule has 0 spiro atoms. The molecule has 0 saturated carbocycles. The molecule has 3 aromatic carbocycles. The summed E-state index contributed by atoms with van der Waals surface area (Å²) in [6, 6.07) is 25.9. The summed E-state index contributed by atoms with van der Waals surface area (Å²) in [5.74, 6) is 0.399. The lowest BCUT2D eigenvalue weighted by atomic mass is 9.96. The average Bonchev–Trinajstić information content (AvgIpc) is 3.34. The molecule has 5 rings (SSSR count). The number of para-hydroxylation sites is 2. The van der Waals surface area contributed by atoms with E-state index in [4.69, 9.17) is 4.98 Å². The third-order valence-corrected chi connectivity index (χ3v) is 8.46. The molecule has 1 unspecified atom stereocenters. The summed E-state index contributed by atoms with van der Waals surface area (Å²) in [5, 5.41) is 3.20. The van der Waals surface area contributed by atoms with Crippen molar-refractivity contribution >= 4 is 27.0 Å². The van der Waals surface area contributed by atoms with E-state index >= 15 is 0 Å². The van der Waals surface area contributed by atoms with Crippen LogP contribution in [0, 0.1) is 5.92 Å². The number of carbonyl (C=O) groups excluding carboxylic acids is 1. The Morgan fingerprint density at radius 1 is 0.943 bits per heavy atom. The van der Waals surface area contributed by atoms with Crippen LogP contribution in [0.4, 0.5) is 0 Å². The van der Waals surface area contributed by atoms with Gasteiger partial charge >= 0.3 is 0 Å². The Labute approximate surface area is 205 Å². The molecule has 0 radical (unpaired) electrons. The summed E-state index contributed by atoms with van der Waals surface area (Å²) < 4.78 is 27.3. The summed E-state index contributed by atoms with van der Waals surface area (Å²) in [6.45, 7) is 0.645. The molecular formula is C27H28N4O3S. The average molecular weight is 489 g/mol. The monoisotopic (exact) mass is 488 g/mol. The van der Waals surface area contributed by atoms with Crippen LogP contribution in [0.5, 0.6) is 0 Å². The van der Waals surface area contributed by atoms with Crippen LogP contribution in [0.2, 0.25) is 0 Å². The molecule has 1 saturated heterocycles. The maximum atomic E-state index is 13.3. The van der Waals surface area contributed by atoms with Crippen molar-refractivity contribution in [3.8, 4) is 0 Å². The minimum absolute atomic E-state index is 0.0665. The quantitative estimate of drug-likeness (QED) is 0.410. The van der Waals surface area contributed by atoms with Crippen LogP contribution in [0.15, 0.2) is 89.8 Å². The van der Waals surface area contributed by atoms with Gasteiger partial charge in [0, 0.05) is 19.0 Å². The number of benzene rings is 3. The number of fused-ring (bicyclic) bond motifs is 1. The number of amides is 1. The molecule has 2 heterocycles. The van der Waals surface area contributed by atoms with Gasteiger partial charge in [-0.15, -0.1) is 0 Å². The first-order chi connectivity index (χ1) is 17.0. The fraction of sp³-hybridized carbons (Fsp3) is 0.259. The molecule has 0 bridgehead atoms. The molecule has 1 aliphatic rings. The molecule has 4 aromatic rings. The Morgan fingerprint density at radius 3 is 2.26 bits per heavy atom. The predicted octanol–water partition coefficient (Wildman–Crippen LogP) is 4.06. The molecule has 2 N–H and O–H groups in total. The van der Waals surface area contributed by atoms with Crippen molar-refractivity contribution in [2.75, 3.05) is 13.1 Å². The van der Waals surface area contributed by atoms with Gasteiger partial charge in [-0.3, -0.25) is 4.79 Å². The predicted molar refractivity (Wildman–Crippen MR) is 135 cm³/mol. The fourth-order valence-corrected chi connectivity index (χ4v) is 6.08. The molecule has 1 amide bonds. The van der Waals surface area contributed by atoms with E-state index in [1.165, 1.54) is 4.31 Å². The molecule has 180 valence electrons. The highest BCUT2D eigenvalue weighted by Crippen LogP contribution is 2.26. The first-order valence-electron chi connectivity index (χ1n) is 11.8. The van der Waals surface area contributed by atoms with Gasteiger partial charge in [-0.05, 0) is 49.1 Å². The first-order valence-corrected chi connectivity index (χ1v) is 13.3. The number of piperidine rings is 1. The maximum Gasteiger partial charge on any atom is 0.243 e. The third-order valence-electron chi connectivity index (χ3n) is 6.54. The number of rotatable bonds is 7. The minimum Gasteiger partial charge on any atom is -0.346 e. The lowest BCUT2D eigenvalue weighted by molar-refractivity contribution is -0.127. The van der Waals surface area contributed by atoms with Crippen molar-refractivity contribution in [2.45, 2.75) is 30.2 Å². The zero-order valence-electron chi connectivity index (χ0n) is 19.3. The van der Waals surface area contributed by atoms with Gasteiger partial charge in [-0.2, -0.15) is 4.31 Å². The van der Waals surface area contributed by atoms with Crippen molar-refractivity contribution in [3.05, 3.63) is 96.3 Å². The molecule has 1 aromatic heterocycles. The van der Waals surface area contributed by atoms with E-state index in [1.54, 1.807) is 30.3 Å². The van der Waals surface area contributed by atoms with Crippen LogP contribution >= 0.6 is 0 Å². The van der Waals surface area contributed by atoms with E-state index < -0.39 is 10.0 Å². The highest BCUT2D eigenvalue weighted by atomic mass is 32.2. The number of nitrogens with zero attached hydrogens (tertiary/aromatic N) is 2. The maximum absolute atomic E-state index is 13.3. The molecule has 1 atom stereocenters. The molecule has 1 fully saturated rings. The van der Waals surface area contributed by atoms with Crippen molar-refractivity contribution in [1.29, 1.82) is 0 Å². The van der Waals surface area contributed by atoms with Crippen molar-refractivity contribution in [3.63, 3.8) is 0 Å². The Morgan fingerprint density at radius 2 is 1.57 bits per heavy atom. The number of sulfonamides is 1. The van der Waals surface area contributed by atoms with E-state index in [0.717, 1.165) is 16.6 Å². The smallest absolute Gasteiger partial charge is 0.243 e. The van der Waals surface area contributed by atoms with Crippen LogP contribution in [0.3, 0.4) is 0 Å². The second kappa shape index (κ2) is 10.0. The van der Waals surface area contributed by atoms with E-state index in [9.17, 15) is 13.2 Å². The molecule has 1 aliphatic heterocycles. The van der Waals surface area contributed by atoms with Gasteiger partial charge in [0.2, 0.25) is 15.9 Å². The summed E-state index contributed by atoms with van der Waals surface area (Å²) in [7, 11) is -3.55. The number of nitrogens with one attached hydrogen (secondary N) is 2. The number of H-pyrrole nitrogens is 1. The summed E-state index contributed by atoms with van der Waals surface area (Å²) in [4.78, 5) is 21.7. The number of hydrogen-bond donors (Lipinski definition) is 2. The van der Waals surface area contributed by atoms with Crippen molar-refractivity contribution in [1.82, 2.24) is 19.6 Å². The summed E-state index contributed by atoms with van der Waals surface area (Å²) in [5.41, 5.74) is 2.88. The lowest BCUT2D eigenvalue weighted by Gasteiger charge is -2.31. The lowest BCUT2D eigenvalue weighted by Crippen LogP contribution is -2.44. The van der Waals surface area contributed by atoms with Gasteiger partial charge in [0.05, 0.1) is 22.0 Å². The first kappa shape index (κ1) is 23.3. The van der Waals surface area contributed by atoms with Gasteiger partial charge in [0.25, 0.3) is 0 Å².